The number of urea groups is 1. The molecule has 0 aliphatic carbocycles. The van der Waals surface area contributed by atoms with Crippen LogP contribution in [0.3, 0.4) is 0 Å². The SMILES string of the molecule is CCNC(=O)NC(=O)CSc1nc2ccccc2c(=O)n1CCCN(C)C. The van der Waals surface area contributed by atoms with Gasteiger partial charge in [-0.3, -0.25) is 19.5 Å². The van der Waals surface area contributed by atoms with Crippen LogP contribution in [0.25, 0.3) is 10.9 Å². The van der Waals surface area contributed by atoms with Crippen LogP contribution in [0.2, 0.25) is 0 Å². The zero-order valence-corrected chi connectivity index (χ0v) is 16.6. The van der Waals surface area contributed by atoms with Gasteiger partial charge in [0.2, 0.25) is 5.91 Å². The third-order valence-electron chi connectivity index (χ3n) is 3.74. The van der Waals surface area contributed by atoms with Gasteiger partial charge in [-0.1, -0.05) is 23.9 Å². The third kappa shape index (κ3) is 6.07. The Bertz CT molecular complexity index is 866. The summed E-state index contributed by atoms with van der Waals surface area (Å²) < 4.78 is 1.61. The molecule has 0 aliphatic rings. The summed E-state index contributed by atoms with van der Waals surface area (Å²) in [6.45, 7) is 3.55. The Kier molecular flexibility index (Phi) is 7.81. The van der Waals surface area contributed by atoms with Crippen LogP contribution in [0.4, 0.5) is 4.79 Å². The molecule has 2 N–H and O–H groups in total. The number of amides is 3. The van der Waals surface area contributed by atoms with E-state index >= 15 is 0 Å². The summed E-state index contributed by atoms with van der Waals surface area (Å²) in [5, 5.41) is 5.78. The molecule has 0 atom stereocenters. The molecule has 2 rings (SSSR count). The molecule has 146 valence electrons. The quantitative estimate of drug-likeness (QED) is 0.520. The van der Waals surface area contributed by atoms with Gasteiger partial charge in [-0.15, -0.1) is 0 Å². The monoisotopic (exact) mass is 391 g/mol. The predicted molar refractivity (Wildman–Crippen MR) is 107 cm³/mol. The Morgan fingerprint density at radius 2 is 2.00 bits per heavy atom. The van der Waals surface area contributed by atoms with Crippen LogP contribution in [0.1, 0.15) is 13.3 Å². The van der Waals surface area contributed by atoms with Gasteiger partial charge in [-0.25, -0.2) is 9.78 Å². The van der Waals surface area contributed by atoms with Crippen LogP contribution in [0.5, 0.6) is 0 Å². The van der Waals surface area contributed by atoms with Crippen molar-refractivity contribution in [2.75, 3.05) is 32.9 Å². The molecule has 0 fully saturated rings. The van der Waals surface area contributed by atoms with Crippen molar-refractivity contribution < 1.29 is 9.59 Å². The number of benzene rings is 1. The van der Waals surface area contributed by atoms with Gasteiger partial charge in [0.1, 0.15) is 0 Å². The molecular weight excluding hydrogens is 366 g/mol. The van der Waals surface area contributed by atoms with E-state index in [2.05, 4.69) is 15.6 Å². The molecule has 0 spiro atoms. The second-order valence-electron chi connectivity index (χ2n) is 6.22. The van der Waals surface area contributed by atoms with E-state index in [1.165, 1.54) is 0 Å². The molecule has 0 saturated carbocycles. The van der Waals surface area contributed by atoms with E-state index in [0.717, 1.165) is 24.7 Å². The smallest absolute Gasteiger partial charge is 0.321 e. The number of para-hydroxylation sites is 1. The minimum atomic E-state index is -0.530. The lowest BCUT2D eigenvalue weighted by atomic mass is 10.2. The van der Waals surface area contributed by atoms with Crippen molar-refractivity contribution in [1.29, 1.82) is 0 Å². The first kappa shape index (κ1) is 20.9. The summed E-state index contributed by atoms with van der Waals surface area (Å²) in [5.74, 6) is -0.441. The van der Waals surface area contributed by atoms with E-state index in [4.69, 9.17) is 0 Å². The topological polar surface area (TPSA) is 96.3 Å². The Morgan fingerprint density at radius 3 is 2.70 bits per heavy atom. The van der Waals surface area contributed by atoms with Crippen LogP contribution in [0.15, 0.2) is 34.2 Å². The summed E-state index contributed by atoms with van der Waals surface area (Å²) in [6, 6.07) is 6.63. The summed E-state index contributed by atoms with van der Waals surface area (Å²) >= 11 is 1.15. The van der Waals surface area contributed by atoms with Gasteiger partial charge in [0.25, 0.3) is 5.56 Å². The standard InChI is InChI=1S/C18H25N5O3S/c1-4-19-17(26)21-15(24)12-27-18-20-14-9-6-5-8-13(14)16(25)23(18)11-7-10-22(2)3/h5-6,8-9H,4,7,10-12H2,1-3H3,(H2,19,21,24,26). The fraction of sp³-hybridized carbons (Fsp3) is 0.444. The first-order valence-electron chi connectivity index (χ1n) is 8.77. The second kappa shape index (κ2) is 10.1. The molecular formula is C18H25N5O3S. The zero-order chi connectivity index (χ0) is 19.8. The van der Waals surface area contributed by atoms with E-state index < -0.39 is 11.9 Å². The highest BCUT2D eigenvalue weighted by atomic mass is 32.2. The molecule has 1 aromatic heterocycles. The van der Waals surface area contributed by atoms with Crippen molar-refractivity contribution in [3.05, 3.63) is 34.6 Å². The maximum Gasteiger partial charge on any atom is 0.321 e. The third-order valence-corrected chi connectivity index (χ3v) is 4.71. The highest BCUT2D eigenvalue weighted by Crippen LogP contribution is 2.18. The Labute approximate surface area is 162 Å². The van der Waals surface area contributed by atoms with Crippen LogP contribution >= 0.6 is 11.8 Å². The molecule has 9 heteroatoms. The van der Waals surface area contributed by atoms with Gasteiger partial charge in [0, 0.05) is 13.1 Å². The first-order valence-corrected chi connectivity index (χ1v) is 9.75. The average Bonchev–Trinajstić information content (AvgIpc) is 2.62. The lowest BCUT2D eigenvalue weighted by molar-refractivity contribution is -0.117. The number of carbonyl (C=O) groups is 2. The van der Waals surface area contributed by atoms with Crippen molar-refractivity contribution in [1.82, 2.24) is 25.1 Å². The van der Waals surface area contributed by atoms with Gasteiger partial charge < -0.3 is 10.2 Å². The predicted octanol–water partition coefficient (Wildman–Crippen LogP) is 1.29. The number of hydrogen-bond donors (Lipinski definition) is 2. The zero-order valence-electron chi connectivity index (χ0n) is 15.8. The lowest BCUT2D eigenvalue weighted by Gasteiger charge is -2.14. The number of thioether (sulfide) groups is 1. The fourth-order valence-electron chi connectivity index (χ4n) is 2.50. The largest absolute Gasteiger partial charge is 0.338 e. The van der Waals surface area contributed by atoms with E-state index in [1.54, 1.807) is 23.6 Å². The van der Waals surface area contributed by atoms with Crippen molar-refractivity contribution in [3.8, 4) is 0 Å². The molecule has 3 amide bonds. The number of imide groups is 1. The van der Waals surface area contributed by atoms with Gasteiger partial charge in [0.05, 0.1) is 16.7 Å². The minimum absolute atomic E-state index is 0.00437. The summed E-state index contributed by atoms with van der Waals surface area (Å²) in [7, 11) is 3.95. The van der Waals surface area contributed by atoms with E-state index in [1.807, 2.05) is 31.1 Å². The molecule has 2 aromatic rings. The van der Waals surface area contributed by atoms with Crippen LogP contribution in [-0.2, 0) is 11.3 Å². The second-order valence-corrected chi connectivity index (χ2v) is 7.16. The van der Waals surface area contributed by atoms with E-state index in [0.29, 0.717) is 29.1 Å². The van der Waals surface area contributed by atoms with Crippen molar-refractivity contribution in [2.24, 2.45) is 0 Å². The molecule has 0 aliphatic heterocycles. The molecule has 0 bridgehead atoms. The molecule has 0 unspecified atom stereocenters. The molecule has 1 aromatic carbocycles. The van der Waals surface area contributed by atoms with Crippen molar-refractivity contribution in [2.45, 2.75) is 25.0 Å². The fourth-order valence-corrected chi connectivity index (χ4v) is 3.32. The minimum Gasteiger partial charge on any atom is -0.338 e. The summed E-state index contributed by atoms with van der Waals surface area (Å²) in [6.07, 6.45) is 0.783. The number of fused-ring (bicyclic) bond motifs is 1. The highest BCUT2D eigenvalue weighted by Gasteiger charge is 2.14. The number of nitrogens with zero attached hydrogens (tertiary/aromatic N) is 3. The summed E-state index contributed by atoms with van der Waals surface area (Å²) in [5.41, 5.74) is 0.476. The number of nitrogens with one attached hydrogen (secondary N) is 2. The Hall–Kier alpha value is -2.39. The Balaban J connectivity index is 2.20. The number of rotatable bonds is 8. The maximum atomic E-state index is 12.9. The Morgan fingerprint density at radius 1 is 1.26 bits per heavy atom. The molecule has 0 saturated heterocycles. The van der Waals surface area contributed by atoms with Crippen molar-refractivity contribution in [3.63, 3.8) is 0 Å². The molecule has 27 heavy (non-hydrogen) atoms. The number of carbonyl (C=O) groups excluding carboxylic acids is 2. The molecule has 8 nitrogen and oxygen atoms in total. The first-order chi connectivity index (χ1) is 12.9. The maximum absolute atomic E-state index is 12.9. The lowest BCUT2D eigenvalue weighted by Crippen LogP contribution is -2.40. The van der Waals surface area contributed by atoms with Crippen LogP contribution < -0.4 is 16.2 Å². The number of hydrogen-bond acceptors (Lipinski definition) is 6. The van der Waals surface area contributed by atoms with Crippen molar-refractivity contribution >= 4 is 34.6 Å². The van der Waals surface area contributed by atoms with Gasteiger partial charge >= 0.3 is 6.03 Å². The van der Waals surface area contributed by atoms with E-state index in [9.17, 15) is 14.4 Å². The number of aromatic nitrogens is 2. The highest BCUT2D eigenvalue weighted by molar-refractivity contribution is 7.99. The molecule has 0 radical (unpaired) electrons. The van der Waals surface area contributed by atoms with Gasteiger partial charge in [-0.05, 0) is 46.1 Å². The van der Waals surface area contributed by atoms with Crippen LogP contribution in [0, 0.1) is 0 Å². The van der Waals surface area contributed by atoms with Crippen LogP contribution in [-0.4, -0.2) is 59.3 Å². The molecule has 1 heterocycles. The van der Waals surface area contributed by atoms with E-state index in [-0.39, 0.29) is 11.3 Å². The van der Waals surface area contributed by atoms with Gasteiger partial charge in [0.15, 0.2) is 5.16 Å². The van der Waals surface area contributed by atoms with Gasteiger partial charge in [-0.2, -0.15) is 0 Å². The normalized spacial score (nSPS) is 11.0. The summed E-state index contributed by atoms with van der Waals surface area (Å²) in [4.78, 5) is 42.9. The average molecular weight is 391 g/mol.